The summed E-state index contributed by atoms with van der Waals surface area (Å²) in [4.78, 5) is 13.3. The minimum absolute atomic E-state index is 0.256. The van der Waals surface area contributed by atoms with Gasteiger partial charge < -0.3 is 65.1 Å². The van der Waals surface area contributed by atoms with Gasteiger partial charge in [0.2, 0.25) is 5.91 Å². The third-order valence-electron chi connectivity index (χ3n) is 16.9. The zero-order chi connectivity index (χ0) is 62.3. The van der Waals surface area contributed by atoms with Gasteiger partial charge in [-0.3, -0.25) is 4.79 Å². The van der Waals surface area contributed by atoms with Crippen molar-refractivity contribution in [3.05, 3.63) is 72.9 Å². The highest BCUT2D eigenvalue weighted by Gasteiger charge is 2.51. The van der Waals surface area contributed by atoms with Crippen molar-refractivity contribution in [2.24, 2.45) is 0 Å². The van der Waals surface area contributed by atoms with Gasteiger partial charge in [0.25, 0.3) is 0 Å². The van der Waals surface area contributed by atoms with Gasteiger partial charge in [-0.25, -0.2) is 0 Å². The molecular formula is C72H129NO13. The van der Waals surface area contributed by atoms with E-state index in [2.05, 4.69) is 79.9 Å². The molecule has 14 nitrogen and oxygen atoms in total. The molecule has 0 aromatic heterocycles. The molecule has 0 aromatic carbocycles. The summed E-state index contributed by atoms with van der Waals surface area (Å²) in [5, 5.41) is 87.4. The van der Waals surface area contributed by atoms with E-state index in [1.807, 2.05) is 6.08 Å². The van der Waals surface area contributed by atoms with Crippen LogP contribution in [0.3, 0.4) is 0 Å². The molecule has 2 aliphatic rings. The zero-order valence-electron chi connectivity index (χ0n) is 54.3. The van der Waals surface area contributed by atoms with E-state index in [9.17, 15) is 45.6 Å². The fraction of sp³-hybridized carbons (Fsp3) is 0.819. The lowest BCUT2D eigenvalue weighted by atomic mass is 9.97. The topological polar surface area (TPSA) is 228 Å². The number of rotatable bonds is 57. The maximum atomic E-state index is 13.3. The molecule has 2 saturated heterocycles. The fourth-order valence-electron chi connectivity index (χ4n) is 11.3. The maximum Gasteiger partial charge on any atom is 0.220 e. The van der Waals surface area contributed by atoms with Gasteiger partial charge in [0.15, 0.2) is 12.6 Å². The van der Waals surface area contributed by atoms with Crippen LogP contribution in [0.4, 0.5) is 0 Å². The Kier molecular flexibility index (Phi) is 52.2. The highest BCUT2D eigenvalue weighted by Crippen LogP contribution is 2.30. The van der Waals surface area contributed by atoms with E-state index < -0.39 is 86.8 Å². The number of hydrogen-bond donors (Lipinski definition) is 9. The highest BCUT2D eigenvalue weighted by molar-refractivity contribution is 5.76. The molecule has 0 aliphatic carbocycles. The fourth-order valence-corrected chi connectivity index (χ4v) is 11.3. The summed E-state index contributed by atoms with van der Waals surface area (Å²) < 4.78 is 22.8. The smallest absolute Gasteiger partial charge is 0.220 e. The van der Waals surface area contributed by atoms with Crippen molar-refractivity contribution < 1.29 is 64.6 Å². The van der Waals surface area contributed by atoms with Gasteiger partial charge in [-0.1, -0.05) is 286 Å². The molecule has 2 rings (SSSR count). The first-order chi connectivity index (χ1) is 42.1. The summed E-state index contributed by atoms with van der Waals surface area (Å²) in [6, 6.07) is -0.931. The lowest BCUT2D eigenvalue weighted by Crippen LogP contribution is -2.65. The van der Waals surface area contributed by atoms with E-state index in [1.165, 1.54) is 173 Å². The van der Waals surface area contributed by atoms with Crippen LogP contribution in [-0.2, 0) is 23.7 Å². The molecule has 0 radical (unpaired) electrons. The number of nitrogens with one attached hydrogen (secondary N) is 1. The summed E-state index contributed by atoms with van der Waals surface area (Å²) in [6.07, 6.45) is 59.6. The molecule has 2 aliphatic heterocycles. The molecule has 9 N–H and O–H groups in total. The molecule has 2 fully saturated rings. The predicted octanol–water partition coefficient (Wildman–Crippen LogP) is 14.2. The summed E-state index contributed by atoms with van der Waals surface area (Å²) in [6.45, 7) is 2.70. The second-order valence-corrected chi connectivity index (χ2v) is 24.6. The van der Waals surface area contributed by atoms with Crippen LogP contribution in [0.25, 0.3) is 0 Å². The molecule has 0 spiro atoms. The van der Waals surface area contributed by atoms with Crippen LogP contribution in [0, 0.1) is 0 Å². The Labute approximate surface area is 523 Å². The van der Waals surface area contributed by atoms with Crippen molar-refractivity contribution in [2.75, 3.05) is 19.8 Å². The van der Waals surface area contributed by atoms with Gasteiger partial charge in [-0.2, -0.15) is 0 Å². The summed E-state index contributed by atoms with van der Waals surface area (Å²) in [5.74, 6) is -0.257. The molecule has 0 saturated carbocycles. The van der Waals surface area contributed by atoms with E-state index in [0.717, 1.165) is 83.5 Å². The van der Waals surface area contributed by atoms with Crippen LogP contribution in [-0.4, -0.2) is 140 Å². The van der Waals surface area contributed by atoms with E-state index >= 15 is 0 Å². The number of hydrogen-bond acceptors (Lipinski definition) is 13. The standard InChI is InChI=1S/C72H129NO13/c1-3-5-7-9-11-13-15-17-19-21-23-25-26-27-28-29-30-31-32-33-34-36-37-39-41-43-45-47-49-51-53-55-61(76)60(59-83-71-69(82)67(80)70(63(58-75)85-71)86-72-68(81)66(79)65(78)62(57-74)84-72)73-64(77)56-54-52-50-48-46-44-42-40-38-35-24-22-20-18-16-14-12-10-8-6-4-2/h6,8,12,14,18,20,24,35,40,42,53,55,60-63,65-72,74-76,78-82H,3-5,7,9-11,13,15-17,19,21-23,25-34,36-39,41,43-52,54,56-59H2,1-2H3,(H,73,77)/b8-6-,14-12-,20-18-,35-24-,42-40-,55-53+. The average molecular weight is 1220 g/mol. The van der Waals surface area contributed by atoms with Gasteiger partial charge in [0.1, 0.15) is 48.8 Å². The molecule has 12 unspecified atom stereocenters. The van der Waals surface area contributed by atoms with Gasteiger partial charge in [-0.15, -0.1) is 0 Å². The zero-order valence-corrected chi connectivity index (χ0v) is 54.3. The van der Waals surface area contributed by atoms with Crippen molar-refractivity contribution in [1.82, 2.24) is 5.32 Å². The van der Waals surface area contributed by atoms with Crippen LogP contribution >= 0.6 is 0 Å². The number of carbonyl (C=O) groups is 1. The first-order valence-electron chi connectivity index (χ1n) is 35.2. The van der Waals surface area contributed by atoms with Gasteiger partial charge in [-0.05, 0) is 64.2 Å². The third kappa shape index (κ3) is 40.2. The summed E-state index contributed by atoms with van der Waals surface area (Å²) in [5.41, 5.74) is 0. The molecule has 500 valence electrons. The number of aliphatic hydroxyl groups is 8. The largest absolute Gasteiger partial charge is 0.394 e. The lowest BCUT2D eigenvalue weighted by molar-refractivity contribution is -0.359. The quantitative estimate of drug-likeness (QED) is 0.0204. The lowest BCUT2D eigenvalue weighted by Gasteiger charge is -2.46. The number of unbranched alkanes of at least 4 members (excludes halogenated alkanes) is 34. The van der Waals surface area contributed by atoms with Crippen molar-refractivity contribution in [3.63, 3.8) is 0 Å². The Morgan fingerprint density at radius 1 is 0.430 bits per heavy atom. The second kappa shape index (κ2) is 56.4. The first-order valence-corrected chi connectivity index (χ1v) is 35.2. The number of ether oxygens (including phenoxy) is 4. The van der Waals surface area contributed by atoms with Crippen LogP contribution < -0.4 is 5.32 Å². The molecule has 0 aromatic rings. The van der Waals surface area contributed by atoms with Gasteiger partial charge in [0.05, 0.1) is 32.0 Å². The number of aliphatic hydroxyl groups excluding tert-OH is 8. The van der Waals surface area contributed by atoms with E-state index in [-0.39, 0.29) is 18.9 Å². The maximum absolute atomic E-state index is 13.3. The van der Waals surface area contributed by atoms with Crippen LogP contribution in [0.2, 0.25) is 0 Å². The van der Waals surface area contributed by atoms with Crippen molar-refractivity contribution in [1.29, 1.82) is 0 Å². The number of carbonyl (C=O) groups excluding carboxylic acids is 1. The van der Waals surface area contributed by atoms with Crippen molar-refractivity contribution in [3.8, 4) is 0 Å². The average Bonchev–Trinajstić information content (AvgIpc) is 2.54. The molecule has 2 heterocycles. The second-order valence-electron chi connectivity index (χ2n) is 24.6. The monoisotopic (exact) mass is 1220 g/mol. The van der Waals surface area contributed by atoms with Gasteiger partial charge >= 0.3 is 0 Å². The Morgan fingerprint density at radius 3 is 1.23 bits per heavy atom. The number of amides is 1. The third-order valence-corrected chi connectivity index (χ3v) is 16.9. The van der Waals surface area contributed by atoms with Crippen molar-refractivity contribution in [2.45, 2.75) is 357 Å². The number of allylic oxidation sites excluding steroid dienone is 11. The Bertz CT molecular complexity index is 1720. The molecule has 12 atom stereocenters. The predicted molar refractivity (Wildman–Crippen MR) is 350 cm³/mol. The van der Waals surface area contributed by atoms with E-state index in [4.69, 9.17) is 18.9 Å². The first kappa shape index (κ1) is 79.5. The molecule has 1 amide bonds. The van der Waals surface area contributed by atoms with Gasteiger partial charge in [0, 0.05) is 6.42 Å². The summed E-state index contributed by atoms with van der Waals surface area (Å²) >= 11 is 0. The van der Waals surface area contributed by atoms with Crippen LogP contribution in [0.5, 0.6) is 0 Å². The molecule has 86 heavy (non-hydrogen) atoms. The minimum Gasteiger partial charge on any atom is -0.394 e. The van der Waals surface area contributed by atoms with E-state index in [0.29, 0.717) is 6.42 Å². The SMILES string of the molecule is CC/C=C\C/C=C\C/C=C\C/C=C\C/C=C\CCCCCCCC(=O)NC(COC1OC(CO)C(OC2OC(CO)C(O)C(O)C2O)C(O)C1O)C(O)/C=C/CCCCCCCCCCCCCCCCCCCCCCCCCCCCCCC. The van der Waals surface area contributed by atoms with Crippen LogP contribution in [0.1, 0.15) is 284 Å². The van der Waals surface area contributed by atoms with Crippen molar-refractivity contribution >= 4 is 5.91 Å². The highest BCUT2D eigenvalue weighted by atomic mass is 16.7. The Morgan fingerprint density at radius 2 is 0.802 bits per heavy atom. The normalized spacial score (nSPS) is 23.8. The Hall–Kier alpha value is -2.57. The Balaban J connectivity index is 1.68. The molecule has 14 heteroatoms. The van der Waals surface area contributed by atoms with E-state index in [1.54, 1.807) is 6.08 Å². The minimum atomic E-state index is -1.79. The molecular weight excluding hydrogens is 1090 g/mol. The van der Waals surface area contributed by atoms with Crippen LogP contribution in [0.15, 0.2) is 72.9 Å². The molecule has 0 bridgehead atoms. The summed E-state index contributed by atoms with van der Waals surface area (Å²) in [7, 11) is 0.